The monoisotopic (exact) mass is 187 g/mol. The van der Waals surface area contributed by atoms with Gasteiger partial charge in [-0.2, -0.15) is 0 Å². The lowest BCUT2D eigenvalue weighted by Gasteiger charge is -2.08. The van der Waals surface area contributed by atoms with Crippen LogP contribution in [0.25, 0.3) is 0 Å². The fourth-order valence-corrected chi connectivity index (χ4v) is 1.54. The Labute approximate surface area is 74.4 Å². The number of carbonyl (C=O) groups is 3. The van der Waals surface area contributed by atoms with E-state index < -0.39 is 0 Å². The lowest BCUT2D eigenvalue weighted by Crippen LogP contribution is -2.23. The minimum absolute atomic E-state index is 0.154. The van der Waals surface area contributed by atoms with E-state index in [1.54, 1.807) is 6.92 Å². The van der Waals surface area contributed by atoms with Crippen LogP contribution >= 0.6 is 11.9 Å². The Morgan fingerprint density at radius 1 is 1.42 bits per heavy atom. The number of imide groups is 1. The molecule has 0 saturated carbocycles. The van der Waals surface area contributed by atoms with Crippen LogP contribution in [-0.2, 0) is 14.4 Å². The van der Waals surface area contributed by atoms with Crippen LogP contribution < -0.4 is 0 Å². The van der Waals surface area contributed by atoms with Crippen molar-refractivity contribution in [2.75, 3.05) is 0 Å². The molecule has 0 bridgehead atoms. The molecule has 66 valence electrons. The van der Waals surface area contributed by atoms with Crippen molar-refractivity contribution in [3.8, 4) is 0 Å². The first-order valence-electron chi connectivity index (χ1n) is 3.71. The Balaban J connectivity index is 2.56. The summed E-state index contributed by atoms with van der Waals surface area (Å²) in [6.07, 6.45) is 0.813. The number of amides is 2. The Morgan fingerprint density at radius 3 is 2.33 bits per heavy atom. The molecule has 0 radical (unpaired) electrons. The van der Waals surface area contributed by atoms with Crippen molar-refractivity contribution in [1.29, 1.82) is 0 Å². The molecule has 12 heavy (non-hydrogen) atoms. The summed E-state index contributed by atoms with van der Waals surface area (Å²) in [5.41, 5.74) is 0. The van der Waals surface area contributed by atoms with Gasteiger partial charge < -0.3 is 0 Å². The van der Waals surface area contributed by atoms with Crippen LogP contribution in [0, 0.1) is 0 Å². The van der Waals surface area contributed by atoms with E-state index in [1.165, 1.54) is 0 Å². The van der Waals surface area contributed by atoms with Crippen LogP contribution in [-0.4, -0.2) is 21.2 Å². The molecule has 1 heterocycles. The van der Waals surface area contributed by atoms with Gasteiger partial charge in [0.25, 0.3) is 0 Å². The number of rotatable bonds is 2. The summed E-state index contributed by atoms with van der Waals surface area (Å²) in [5, 5.41) is -0.154. The normalized spacial score (nSPS) is 17.2. The maximum Gasteiger partial charge on any atom is 0.240 e. The summed E-state index contributed by atoms with van der Waals surface area (Å²) < 4.78 is 0.964. The second kappa shape index (κ2) is 3.71. The van der Waals surface area contributed by atoms with Gasteiger partial charge in [-0.1, -0.05) is 6.92 Å². The number of hydrogen-bond acceptors (Lipinski definition) is 4. The number of hydrogen-bond donors (Lipinski definition) is 0. The largest absolute Gasteiger partial charge is 0.285 e. The van der Waals surface area contributed by atoms with Gasteiger partial charge in [-0.15, -0.1) is 0 Å². The molecule has 4 nitrogen and oxygen atoms in total. The van der Waals surface area contributed by atoms with Crippen LogP contribution in [0.15, 0.2) is 0 Å². The zero-order chi connectivity index (χ0) is 9.14. The standard InChI is InChI=1S/C7H9NO3S/c1-2-7(11)12-8-5(9)3-4-6(8)10/h2-4H2,1H3. The molecule has 1 saturated heterocycles. The third kappa shape index (κ3) is 1.85. The van der Waals surface area contributed by atoms with E-state index in [-0.39, 0.29) is 29.8 Å². The van der Waals surface area contributed by atoms with E-state index in [0.29, 0.717) is 6.42 Å². The number of nitrogens with zero attached hydrogens (tertiary/aromatic N) is 1. The summed E-state index contributed by atoms with van der Waals surface area (Å²) >= 11 is 0.719. The second-order valence-electron chi connectivity index (χ2n) is 2.40. The Bertz CT molecular complexity index is 223. The van der Waals surface area contributed by atoms with Crippen LogP contribution in [0.1, 0.15) is 26.2 Å². The van der Waals surface area contributed by atoms with Gasteiger partial charge in [0, 0.05) is 31.2 Å². The predicted molar refractivity (Wildman–Crippen MR) is 44.0 cm³/mol. The van der Waals surface area contributed by atoms with Crippen molar-refractivity contribution in [2.24, 2.45) is 0 Å². The molecule has 5 heteroatoms. The first kappa shape index (κ1) is 9.25. The summed E-state index contributed by atoms with van der Waals surface area (Å²) in [6, 6.07) is 0. The molecule has 2 amide bonds. The topological polar surface area (TPSA) is 54.5 Å². The fraction of sp³-hybridized carbons (Fsp3) is 0.571. The van der Waals surface area contributed by atoms with Gasteiger partial charge in [-0.3, -0.25) is 14.4 Å². The quantitative estimate of drug-likeness (QED) is 0.472. The van der Waals surface area contributed by atoms with Crippen LogP contribution in [0.2, 0.25) is 0 Å². The van der Waals surface area contributed by atoms with Crippen molar-refractivity contribution in [3.05, 3.63) is 0 Å². The van der Waals surface area contributed by atoms with Gasteiger partial charge in [0.05, 0.1) is 0 Å². The van der Waals surface area contributed by atoms with Crippen molar-refractivity contribution in [3.63, 3.8) is 0 Å². The molecule has 0 aromatic rings. The molecule has 0 aromatic carbocycles. The van der Waals surface area contributed by atoms with E-state index in [9.17, 15) is 14.4 Å². The zero-order valence-electron chi connectivity index (χ0n) is 6.70. The van der Waals surface area contributed by atoms with Crippen LogP contribution in [0.4, 0.5) is 0 Å². The maximum absolute atomic E-state index is 11.0. The predicted octanol–water partition coefficient (Wildman–Crippen LogP) is 0.720. The molecule has 0 aliphatic carbocycles. The van der Waals surface area contributed by atoms with Gasteiger partial charge >= 0.3 is 0 Å². The lowest BCUT2D eigenvalue weighted by molar-refractivity contribution is -0.132. The molecule has 1 aliphatic rings. The van der Waals surface area contributed by atoms with Crippen molar-refractivity contribution < 1.29 is 14.4 Å². The second-order valence-corrected chi connectivity index (χ2v) is 3.40. The van der Waals surface area contributed by atoms with Gasteiger partial charge in [0.1, 0.15) is 0 Å². The minimum Gasteiger partial charge on any atom is -0.285 e. The first-order valence-corrected chi connectivity index (χ1v) is 4.49. The highest BCUT2D eigenvalue weighted by atomic mass is 32.2. The van der Waals surface area contributed by atoms with Crippen molar-refractivity contribution in [2.45, 2.75) is 26.2 Å². The Hall–Kier alpha value is -0.840. The van der Waals surface area contributed by atoms with E-state index in [0.717, 1.165) is 16.3 Å². The van der Waals surface area contributed by atoms with Gasteiger partial charge in [0.2, 0.25) is 16.9 Å². The molecule has 0 aromatic heterocycles. The molecule has 1 rings (SSSR count). The van der Waals surface area contributed by atoms with E-state index in [1.807, 2.05) is 0 Å². The molecule has 0 N–H and O–H groups in total. The fourth-order valence-electron chi connectivity index (χ4n) is 0.824. The first-order chi connectivity index (χ1) is 5.65. The Kier molecular flexibility index (Phi) is 2.86. The maximum atomic E-state index is 11.0. The van der Waals surface area contributed by atoms with Crippen molar-refractivity contribution in [1.82, 2.24) is 4.31 Å². The van der Waals surface area contributed by atoms with Crippen LogP contribution in [0.5, 0.6) is 0 Å². The van der Waals surface area contributed by atoms with Gasteiger partial charge in [-0.25, -0.2) is 4.31 Å². The smallest absolute Gasteiger partial charge is 0.240 e. The summed E-state index contributed by atoms with van der Waals surface area (Å²) in [5.74, 6) is -0.515. The lowest BCUT2D eigenvalue weighted by atomic mass is 10.4. The van der Waals surface area contributed by atoms with Gasteiger partial charge in [0.15, 0.2) is 0 Å². The van der Waals surface area contributed by atoms with E-state index >= 15 is 0 Å². The molecule has 0 spiro atoms. The molecular weight excluding hydrogens is 178 g/mol. The third-order valence-corrected chi connectivity index (χ3v) is 2.57. The third-order valence-electron chi connectivity index (χ3n) is 1.49. The molecule has 0 unspecified atom stereocenters. The highest BCUT2D eigenvalue weighted by Gasteiger charge is 2.31. The van der Waals surface area contributed by atoms with E-state index in [4.69, 9.17) is 0 Å². The average molecular weight is 187 g/mol. The molecule has 1 aliphatic heterocycles. The molecule has 1 fully saturated rings. The molecular formula is C7H9NO3S. The zero-order valence-corrected chi connectivity index (χ0v) is 7.52. The van der Waals surface area contributed by atoms with Crippen LogP contribution in [0.3, 0.4) is 0 Å². The summed E-state index contributed by atoms with van der Waals surface area (Å²) in [4.78, 5) is 32.8. The summed E-state index contributed by atoms with van der Waals surface area (Å²) in [6.45, 7) is 1.69. The summed E-state index contributed by atoms with van der Waals surface area (Å²) in [7, 11) is 0. The van der Waals surface area contributed by atoms with E-state index in [2.05, 4.69) is 0 Å². The highest BCUT2D eigenvalue weighted by Crippen LogP contribution is 2.22. The SMILES string of the molecule is CCC(=O)SN1C(=O)CCC1=O. The van der Waals surface area contributed by atoms with Gasteiger partial charge in [-0.05, 0) is 0 Å². The molecule has 0 atom stereocenters. The average Bonchev–Trinajstić information content (AvgIpc) is 2.35. The number of carbonyl (C=O) groups excluding carboxylic acids is 3. The Morgan fingerprint density at radius 2 is 1.92 bits per heavy atom. The van der Waals surface area contributed by atoms with Crippen molar-refractivity contribution >= 4 is 28.9 Å². The minimum atomic E-state index is -0.258. The highest BCUT2D eigenvalue weighted by molar-refractivity contribution is 8.12.